The van der Waals surface area contributed by atoms with Crippen molar-refractivity contribution in [2.24, 2.45) is 0 Å². The average molecular weight is 291 g/mol. The molecule has 0 fully saturated rings. The summed E-state index contributed by atoms with van der Waals surface area (Å²) in [5.41, 5.74) is -0.0480. The van der Waals surface area contributed by atoms with Crippen molar-refractivity contribution in [3.8, 4) is 0 Å². The van der Waals surface area contributed by atoms with Crippen molar-refractivity contribution < 1.29 is 9.85 Å². The number of nitrogens with zero attached hydrogens (tertiary/aromatic N) is 3. The van der Waals surface area contributed by atoms with Crippen LogP contribution in [0.2, 0.25) is 0 Å². The van der Waals surface area contributed by atoms with Crippen LogP contribution in [0.3, 0.4) is 0 Å². The third-order valence-corrected chi connectivity index (χ3v) is 3.42. The molecule has 0 saturated carbocycles. The molecule has 7 nitrogen and oxygen atoms in total. The zero-order chi connectivity index (χ0) is 14.5. The summed E-state index contributed by atoms with van der Waals surface area (Å²) in [4.78, 5) is 24.4. The van der Waals surface area contributed by atoms with Crippen LogP contribution in [-0.4, -0.2) is 14.8 Å². The SMILES string of the molecule is O=[N+]([O-])c1cc(CSc2ccccn2)cc([N+](=O)[O-])c1. The quantitative estimate of drug-likeness (QED) is 0.476. The first-order chi connectivity index (χ1) is 9.56. The van der Waals surface area contributed by atoms with E-state index in [4.69, 9.17) is 0 Å². The first-order valence-electron chi connectivity index (χ1n) is 5.53. The second-order valence-electron chi connectivity index (χ2n) is 3.83. The maximum absolute atomic E-state index is 10.8. The van der Waals surface area contributed by atoms with E-state index >= 15 is 0 Å². The van der Waals surface area contributed by atoms with Crippen molar-refractivity contribution in [2.45, 2.75) is 10.8 Å². The zero-order valence-electron chi connectivity index (χ0n) is 10.1. The van der Waals surface area contributed by atoms with E-state index in [9.17, 15) is 20.2 Å². The Morgan fingerprint density at radius 3 is 2.20 bits per heavy atom. The van der Waals surface area contributed by atoms with E-state index in [1.54, 1.807) is 18.3 Å². The molecule has 0 N–H and O–H groups in total. The summed E-state index contributed by atoms with van der Waals surface area (Å²) >= 11 is 1.36. The maximum atomic E-state index is 10.8. The van der Waals surface area contributed by atoms with Crippen LogP contribution in [0.4, 0.5) is 11.4 Å². The standard InChI is InChI=1S/C12H9N3O4S/c16-14(17)10-5-9(6-11(7-10)15(18)19)8-20-12-3-1-2-4-13-12/h1-7H,8H2. The second-order valence-corrected chi connectivity index (χ2v) is 4.82. The molecule has 0 aliphatic rings. The number of benzene rings is 1. The fourth-order valence-electron chi connectivity index (χ4n) is 1.54. The van der Waals surface area contributed by atoms with Gasteiger partial charge in [-0.15, -0.1) is 11.8 Å². The third-order valence-electron chi connectivity index (χ3n) is 2.41. The highest BCUT2D eigenvalue weighted by Gasteiger charge is 2.16. The predicted octanol–water partition coefficient (Wildman–Crippen LogP) is 3.19. The van der Waals surface area contributed by atoms with Gasteiger partial charge in [0.25, 0.3) is 11.4 Å². The Balaban J connectivity index is 2.22. The number of rotatable bonds is 5. The van der Waals surface area contributed by atoms with Crippen LogP contribution in [0.15, 0.2) is 47.6 Å². The van der Waals surface area contributed by atoms with Gasteiger partial charge in [-0.05, 0) is 17.7 Å². The molecule has 20 heavy (non-hydrogen) atoms. The van der Waals surface area contributed by atoms with E-state index in [1.165, 1.54) is 23.9 Å². The summed E-state index contributed by atoms with van der Waals surface area (Å²) in [5, 5.41) is 22.3. The average Bonchev–Trinajstić information content (AvgIpc) is 2.45. The largest absolute Gasteiger partial charge is 0.276 e. The predicted molar refractivity (Wildman–Crippen MR) is 73.5 cm³/mol. The molecule has 0 amide bonds. The molecule has 0 radical (unpaired) electrons. The Morgan fingerprint density at radius 1 is 1.05 bits per heavy atom. The molecule has 0 bridgehead atoms. The molecule has 0 aliphatic heterocycles. The lowest BCUT2D eigenvalue weighted by molar-refractivity contribution is -0.394. The monoisotopic (exact) mass is 291 g/mol. The molecule has 0 unspecified atom stereocenters. The molecule has 0 aliphatic carbocycles. The normalized spacial score (nSPS) is 10.2. The van der Waals surface area contributed by atoms with Crippen molar-refractivity contribution in [3.05, 3.63) is 68.4 Å². The fourth-order valence-corrected chi connectivity index (χ4v) is 2.33. The van der Waals surface area contributed by atoms with Gasteiger partial charge in [0.2, 0.25) is 0 Å². The molecule has 0 spiro atoms. The van der Waals surface area contributed by atoms with Gasteiger partial charge in [0.1, 0.15) is 0 Å². The molecule has 2 aromatic rings. The van der Waals surface area contributed by atoms with Crippen LogP contribution in [0, 0.1) is 20.2 Å². The summed E-state index contributed by atoms with van der Waals surface area (Å²) in [5.74, 6) is 0.375. The van der Waals surface area contributed by atoms with Crippen LogP contribution >= 0.6 is 11.8 Å². The highest BCUT2D eigenvalue weighted by atomic mass is 32.2. The minimum Gasteiger partial charge on any atom is -0.258 e. The second kappa shape index (κ2) is 6.11. The first kappa shape index (κ1) is 13.9. The van der Waals surface area contributed by atoms with Crippen LogP contribution in [0.5, 0.6) is 0 Å². The van der Waals surface area contributed by atoms with E-state index < -0.39 is 9.85 Å². The van der Waals surface area contributed by atoms with E-state index in [0.717, 1.165) is 11.1 Å². The van der Waals surface area contributed by atoms with Gasteiger partial charge in [-0.1, -0.05) is 6.07 Å². The molecule has 1 aromatic carbocycles. The summed E-state index contributed by atoms with van der Waals surface area (Å²) in [6.45, 7) is 0. The van der Waals surface area contributed by atoms with E-state index in [0.29, 0.717) is 11.3 Å². The van der Waals surface area contributed by atoms with Crippen LogP contribution in [0.1, 0.15) is 5.56 Å². The van der Waals surface area contributed by atoms with E-state index in [2.05, 4.69) is 4.98 Å². The molecule has 0 saturated heterocycles. The highest BCUT2D eigenvalue weighted by molar-refractivity contribution is 7.98. The smallest absolute Gasteiger partial charge is 0.258 e. The van der Waals surface area contributed by atoms with Crippen LogP contribution in [-0.2, 0) is 5.75 Å². The van der Waals surface area contributed by atoms with Crippen LogP contribution in [0.25, 0.3) is 0 Å². The lowest BCUT2D eigenvalue weighted by Gasteiger charge is -2.02. The Kier molecular flexibility index (Phi) is 4.26. The van der Waals surface area contributed by atoms with E-state index in [-0.39, 0.29) is 11.4 Å². The fraction of sp³-hybridized carbons (Fsp3) is 0.0833. The molecule has 8 heteroatoms. The van der Waals surface area contributed by atoms with Gasteiger partial charge < -0.3 is 0 Å². The van der Waals surface area contributed by atoms with Gasteiger partial charge in [0.15, 0.2) is 0 Å². The van der Waals surface area contributed by atoms with Gasteiger partial charge in [0, 0.05) is 24.1 Å². The number of aromatic nitrogens is 1. The number of hydrogen-bond acceptors (Lipinski definition) is 6. The van der Waals surface area contributed by atoms with Crippen molar-refractivity contribution in [1.82, 2.24) is 4.98 Å². The van der Waals surface area contributed by atoms with Crippen LogP contribution < -0.4 is 0 Å². The number of nitro benzene ring substituents is 2. The van der Waals surface area contributed by atoms with Gasteiger partial charge in [-0.2, -0.15) is 0 Å². The summed E-state index contributed by atoms with van der Waals surface area (Å²) in [7, 11) is 0. The molecule has 102 valence electrons. The molecule has 1 heterocycles. The van der Waals surface area contributed by atoms with Crippen molar-refractivity contribution in [2.75, 3.05) is 0 Å². The molecule has 1 aromatic heterocycles. The third kappa shape index (κ3) is 3.51. The van der Waals surface area contributed by atoms with Gasteiger partial charge >= 0.3 is 0 Å². The maximum Gasteiger partial charge on any atom is 0.276 e. The molecular weight excluding hydrogens is 282 g/mol. The highest BCUT2D eigenvalue weighted by Crippen LogP contribution is 2.27. The number of non-ortho nitro benzene ring substituents is 2. The minimum atomic E-state index is -0.637. The lowest BCUT2D eigenvalue weighted by atomic mass is 10.2. The molecule has 2 rings (SSSR count). The Bertz CT molecular complexity index is 616. The van der Waals surface area contributed by atoms with Crippen molar-refractivity contribution in [1.29, 1.82) is 0 Å². The van der Waals surface area contributed by atoms with E-state index in [1.807, 2.05) is 6.07 Å². The lowest BCUT2D eigenvalue weighted by Crippen LogP contribution is -1.95. The van der Waals surface area contributed by atoms with Gasteiger partial charge in [0.05, 0.1) is 20.9 Å². The number of thioether (sulfide) groups is 1. The summed E-state index contributed by atoms with van der Waals surface area (Å²) < 4.78 is 0. The first-order valence-corrected chi connectivity index (χ1v) is 6.51. The Morgan fingerprint density at radius 2 is 1.70 bits per heavy atom. The Hall–Kier alpha value is -2.48. The minimum absolute atomic E-state index is 0.282. The van der Waals surface area contributed by atoms with Crippen molar-refractivity contribution >= 4 is 23.1 Å². The van der Waals surface area contributed by atoms with Crippen molar-refractivity contribution in [3.63, 3.8) is 0 Å². The van der Waals surface area contributed by atoms with Gasteiger partial charge in [-0.3, -0.25) is 20.2 Å². The summed E-state index contributed by atoms with van der Waals surface area (Å²) in [6.07, 6.45) is 1.64. The molecular formula is C12H9N3O4S. The Labute approximate surface area is 118 Å². The summed E-state index contributed by atoms with van der Waals surface area (Å²) in [6, 6.07) is 9.03. The number of hydrogen-bond donors (Lipinski definition) is 0. The number of nitro groups is 2. The number of pyridine rings is 1. The molecule has 0 atom stereocenters. The zero-order valence-corrected chi connectivity index (χ0v) is 10.9. The van der Waals surface area contributed by atoms with Gasteiger partial charge in [-0.25, -0.2) is 4.98 Å². The topological polar surface area (TPSA) is 99.2 Å².